The fourth-order valence-corrected chi connectivity index (χ4v) is 2.24. The highest BCUT2D eigenvalue weighted by Gasteiger charge is 2.07. The van der Waals surface area contributed by atoms with E-state index in [0.717, 1.165) is 11.3 Å². The zero-order chi connectivity index (χ0) is 16.9. The molecule has 0 spiro atoms. The smallest absolute Gasteiger partial charge is 0.409 e. The molecule has 0 atom stereocenters. The zero-order valence-electron chi connectivity index (χ0n) is 12.6. The average molecular weight is 322 g/mol. The molecule has 2 N–H and O–H groups in total. The molecule has 2 heterocycles. The van der Waals surface area contributed by atoms with Crippen LogP contribution in [0.2, 0.25) is 0 Å². The van der Waals surface area contributed by atoms with E-state index in [1.54, 1.807) is 53.6 Å². The van der Waals surface area contributed by atoms with Crippen molar-refractivity contribution < 1.29 is 9.53 Å². The molecule has 120 valence electrons. The number of hydrogen-bond donors (Lipinski definition) is 1. The monoisotopic (exact) mass is 322 g/mol. The third-order valence-electron chi connectivity index (χ3n) is 3.30. The second-order valence-electron chi connectivity index (χ2n) is 5.02. The Labute approximate surface area is 137 Å². The third-order valence-corrected chi connectivity index (χ3v) is 3.30. The number of rotatable bonds is 4. The Morgan fingerprint density at radius 1 is 1.17 bits per heavy atom. The van der Waals surface area contributed by atoms with E-state index in [-0.39, 0.29) is 5.43 Å². The maximum absolute atomic E-state index is 12.1. The van der Waals surface area contributed by atoms with Crippen molar-refractivity contribution in [3.8, 4) is 11.4 Å². The Hall–Kier alpha value is -3.48. The Morgan fingerprint density at radius 2 is 1.96 bits per heavy atom. The lowest BCUT2D eigenvalue weighted by Crippen LogP contribution is -2.17. The van der Waals surface area contributed by atoms with E-state index in [9.17, 15) is 9.59 Å². The van der Waals surface area contributed by atoms with E-state index in [1.807, 2.05) is 6.07 Å². The molecule has 2 aromatic heterocycles. The number of ether oxygens (including phenoxy) is 1. The topological polar surface area (TPSA) is 100 Å². The van der Waals surface area contributed by atoms with Gasteiger partial charge in [-0.3, -0.25) is 9.78 Å². The highest BCUT2D eigenvalue weighted by molar-refractivity contribution is 5.68. The molecular formula is C17H14N4O3. The van der Waals surface area contributed by atoms with Crippen LogP contribution in [0.25, 0.3) is 5.69 Å². The van der Waals surface area contributed by atoms with E-state index in [2.05, 4.69) is 10.1 Å². The molecular weight excluding hydrogens is 308 g/mol. The molecule has 1 amide bonds. The van der Waals surface area contributed by atoms with Crippen LogP contribution in [-0.2, 0) is 6.42 Å². The minimum Gasteiger partial charge on any atom is -0.410 e. The van der Waals surface area contributed by atoms with Gasteiger partial charge in [0.05, 0.1) is 5.69 Å². The summed E-state index contributed by atoms with van der Waals surface area (Å²) in [5, 5.41) is 4.37. The summed E-state index contributed by atoms with van der Waals surface area (Å²) in [6.07, 6.45) is 4.33. The van der Waals surface area contributed by atoms with Gasteiger partial charge >= 0.3 is 6.09 Å². The van der Waals surface area contributed by atoms with Gasteiger partial charge in [-0.05, 0) is 29.8 Å². The van der Waals surface area contributed by atoms with E-state index >= 15 is 0 Å². The molecule has 24 heavy (non-hydrogen) atoms. The summed E-state index contributed by atoms with van der Waals surface area (Å²) in [5.41, 5.74) is 6.80. The van der Waals surface area contributed by atoms with Crippen molar-refractivity contribution >= 4 is 6.09 Å². The molecule has 7 heteroatoms. The van der Waals surface area contributed by atoms with Crippen LogP contribution in [0.15, 0.2) is 65.8 Å². The Balaban J connectivity index is 1.90. The van der Waals surface area contributed by atoms with Gasteiger partial charge in [0.2, 0.25) is 5.43 Å². The van der Waals surface area contributed by atoms with E-state index in [4.69, 9.17) is 10.5 Å². The van der Waals surface area contributed by atoms with Gasteiger partial charge in [-0.15, -0.1) is 0 Å². The molecule has 0 aliphatic rings. The molecule has 1 aromatic carbocycles. The van der Waals surface area contributed by atoms with Crippen LogP contribution in [0.3, 0.4) is 0 Å². The maximum atomic E-state index is 12.1. The fourth-order valence-electron chi connectivity index (χ4n) is 2.24. The maximum Gasteiger partial charge on any atom is 0.409 e. The van der Waals surface area contributed by atoms with Crippen LogP contribution < -0.4 is 15.9 Å². The largest absolute Gasteiger partial charge is 0.410 e. The fraction of sp³-hybridized carbons (Fsp3) is 0.0588. The first-order valence-electron chi connectivity index (χ1n) is 7.17. The summed E-state index contributed by atoms with van der Waals surface area (Å²) in [6.45, 7) is 0. The van der Waals surface area contributed by atoms with Gasteiger partial charge in [0.25, 0.3) is 0 Å². The van der Waals surface area contributed by atoms with Crippen LogP contribution in [-0.4, -0.2) is 20.9 Å². The number of nitrogens with two attached hydrogens (primary N) is 1. The molecule has 3 aromatic rings. The second kappa shape index (κ2) is 6.74. The molecule has 0 saturated heterocycles. The van der Waals surface area contributed by atoms with Crippen molar-refractivity contribution in [3.63, 3.8) is 0 Å². The summed E-state index contributed by atoms with van der Waals surface area (Å²) < 4.78 is 6.46. The first-order valence-corrected chi connectivity index (χ1v) is 7.17. The molecule has 0 unspecified atom stereocenters. The summed E-state index contributed by atoms with van der Waals surface area (Å²) in [5.74, 6) is 0.324. The normalized spacial score (nSPS) is 10.3. The number of benzene rings is 1. The molecule has 7 nitrogen and oxygen atoms in total. The predicted octanol–water partition coefficient (Wildman–Crippen LogP) is 1.68. The van der Waals surface area contributed by atoms with Gasteiger partial charge < -0.3 is 10.5 Å². The molecule has 0 radical (unpaired) electrons. The lowest BCUT2D eigenvalue weighted by molar-refractivity contribution is 0.211. The number of primary amides is 1. The number of aromatic nitrogens is 3. The molecule has 0 bridgehead atoms. The first kappa shape index (κ1) is 15.4. The number of pyridine rings is 1. The average Bonchev–Trinajstić information content (AvgIpc) is 2.57. The molecule has 0 fully saturated rings. The van der Waals surface area contributed by atoms with Crippen molar-refractivity contribution in [2.75, 3.05) is 0 Å². The van der Waals surface area contributed by atoms with Crippen molar-refractivity contribution in [1.29, 1.82) is 0 Å². The number of carbonyl (C=O) groups excluding carboxylic acids is 1. The SMILES string of the molecule is NC(=O)Oc1cccc(Cc2nn(-c3ccncc3)ccc2=O)c1. The van der Waals surface area contributed by atoms with Crippen molar-refractivity contribution in [2.45, 2.75) is 6.42 Å². The number of hydrogen-bond acceptors (Lipinski definition) is 5. The standard InChI is InChI=1S/C17H14N4O3/c18-17(23)24-14-3-1-2-12(10-14)11-15-16(22)6-9-21(20-15)13-4-7-19-8-5-13/h1-10H,11H2,(H2,18,23). The Kier molecular flexibility index (Phi) is 4.33. The minimum atomic E-state index is -0.884. The van der Waals surface area contributed by atoms with E-state index in [1.165, 1.54) is 6.07 Å². The molecule has 3 rings (SSSR count). The van der Waals surface area contributed by atoms with Gasteiger partial charge in [0.1, 0.15) is 11.4 Å². The number of nitrogens with zero attached hydrogens (tertiary/aromatic N) is 3. The van der Waals surface area contributed by atoms with Crippen molar-refractivity contribution in [3.05, 3.63) is 82.5 Å². The highest BCUT2D eigenvalue weighted by atomic mass is 16.5. The van der Waals surface area contributed by atoms with Gasteiger partial charge in [-0.25, -0.2) is 9.48 Å². The zero-order valence-corrected chi connectivity index (χ0v) is 12.6. The van der Waals surface area contributed by atoms with Gasteiger partial charge in [-0.2, -0.15) is 5.10 Å². The Bertz CT molecular complexity index is 922. The van der Waals surface area contributed by atoms with Crippen LogP contribution >= 0.6 is 0 Å². The number of amides is 1. The minimum absolute atomic E-state index is 0.165. The van der Waals surface area contributed by atoms with Crippen LogP contribution in [0.1, 0.15) is 11.3 Å². The van der Waals surface area contributed by atoms with Gasteiger partial charge in [0, 0.05) is 31.1 Å². The molecule has 0 aliphatic carbocycles. The van der Waals surface area contributed by atoms with Gasteiger partial charge in [-0.1, -0.05) is 12.1 Å². The second-order valence-corrected chi connectivity index (χ2v) is 5.02. The van der Waals surface area contributed by atoms with Crippen molar-refractivity contribution in [1.82, 2.24) is 14.8 Å². The summed E-state index contributed by atoms with van der Waals surface area (Å²) in [6, 6.07) is 11.9. The number of carbonyl (C=O) groups is 1. The predicted molar refractivity (Wildman–Crippen MR) is 87.1 cm³/mol. The molecule has 0 aliphatic heterocycles. The van der Waals surface area contributed by atoms with Crippen LogP contribution in [0.5, 0.6) is 5.75 Å². The summed E-state index contributed by atoms with van der Waals surface area (Å²) in [4.78, 5) is 26.9. The van der Waals surface area contributed by atoms with E-state index in [0.29, 0.717) is 17.9 Å². The Morgan fingerprint density at radius 3 is 2.71 bits per heavy atom. The summed E-state index contributed by atoms with van der Waals surface area (Å²) in [7, 11) is 0. The summed E-state index contributed by atoms with van der Waals surface area (Å²) >= 11 is 0. The lowest BCUT2D eigenvalue weighted by atomic mass is 10.1. The van der Waals surface area contributed by atoms with Crippen LogP contribution in [0, 0.1) is 0 Å². The highest BCUT2D eigenvalue weighted by Crippen LogP contribution is 2.15. The first-order chi connectivity index (χ1) is 11.6. The van der Waals surface area contributed by atoms with E-state index < -0.39 is 6.09 Å². The third kappa shape index (κ3) is 3.64. The van der Waals surface area contributed by atoms with Gasteiger partial charge in [0.15, 0.2) is 0 Å². The quantitative estimate of drug-likeness (QED) is 0.787. The molecule has 0 saturated carbocycles. The van der Waals surface area contributed by atoms with Crippen molar-refractivity contribution in [2.24, 2.45) is 5.73 Å². The van der Waals surface area contributed by atoms with Crippen LogP contribution in [0.4, 0.5) is 4.79 Å². The lowest BCUT2D eigenvalue weighted by Gasteiger charge is -2.08.